The number of Topliss-reactive ketones (excluding diaryl/α,β-unsaturated/α-hetero) is 1. The predicted octanol–water partition coefficient (Wildman–Crippen LogP) is 4.51. The summed E-state index contributed by atoms with van der Waals surface area (Å²) in [7, 11) is 0. The molecule has 4 rings (SSSR count). The molecule has 3 saturated carbocycles. The highest BCUT2D eigenvalue weighted by Gasteiger charge is 2.62. The number of aliphatic hydroxyl groups excluding tert-OH is 3. The summed E-state index contributed by atoms with van der Waals surface area (Å²) in [5.41, 5.74) is 1.70. The fraction of sp³-hybridized carbons (Fsp3) is 0.889. The van der Waals surface area contributed by atoms with Gasteiger partial charge in [0.05, 0.1) is 12.2 Å². The van der Waals surface area contributed by atoms with Crippen molar-refractivity contribution in [2.45, 2.75) is 97.7 Å². The molecule has 4 heteroatoms. The molecule has 4 aliphatic carbocycles. The number of allylic oxidation sites excluding steroid dienone is 1. The molecule has 4 nitrogen and oxygen atoms in total. The van der Waals surface area contributed by atoms with Gasteiger partial charge in [-0.05, 0) is 91.8 Å². The summed E-state index contributed by atoms with van der Waals surface area (Å²) in [5, 5.41) is 30.7. The Morgan fingerprint density at radius 3 is 2.61 bits per heavy atom. The van der Waals surface area contributed by atoms with E-state index >= 15 is 0 Å². The van der Waals surface area contributed by atoms with Gasteiger partial charge in [0, 0.05) is 18.9 Å². The van der Waals surface area contributed by atoms with Crippen LogP contribution in [0.4, 0.5) is 0 Å². The maximum atomic E-state index is 13.0. The van der Waals surface area contributed by atoms with Crippen LogP contribution in [0.25, 0.3) is 0 Å². The van der Waals surface area contributed by atoms with Crippen LogP contribution in [0, 0.1) is 46.3 Å². The van der Waals surface area contributed by atoms with Crippen molar-refractivity contribution in [3.8, 4) is 0 Å². The summed E-state index contributed by atoms with van der Waals surface area (Å²) < 4.78 is 0. The fourth-order valence-corrected chi connectivity index (χ4v) is 8.51. The van der Waals surface area contributed by atoms with E-state index in [-0.39, 0.29) is 47.1 Å². The molecule has 0 saturated heterocycles. The van der Waals surface area contributed by atoms with Crippen LogP contribution in [0.15, 0.2) is 11.6 Å². The largest absolute Gasteiger partial charge is 0.396 e. The van der Waals surface area contributed by atoms with Gasteiger partial charge in [-0.1, -0.05) is 39.3 Å². The molecule has 0 aliphatic heterocycles. The lowest BCUT2D eigenvalue weighted by Crippen LogP contribution is -2.51. The summed E-state index contributed by atoms with van der Waals surface area (Å²) in [5.74, 6) is 2.02. The zero-order chi connectivity index (χ0) is 22.6. The average molecular weight is 433 g/mol. The summed E-state index contributed by atoms with van der Waals surface area (Å²) in [4.78, 5) is 13.0. The molecule has 3 fully saturated rings. The number of hydrogen-bond acceptors (Lipinski definition) is 4. The molecular formula is C27H44O4. The quantitative estimate of drug-likeness (QED) is 0.540. The van der Waals surface area contributed by atoms with Crippen LogP contribution in [0.2, 0.25) is 0 Å². The first kappa shape index (κ1) is 23.4. The number of hydrogen-bond donors (Lipinski definition) is 3. The van der Waals surface area contributed by atoms with E-state index < -0.39 is 6.10 Å². The smallest absolute Gasteiger partial charge is 0.136 e. The van der Waals surface area contributed by atoms with Gasteiger partial charge in [0.1, 0.15) is 5.78 Å². The zero-order valence-electron chi connectivity index (χ0n) is 20.0. The van der Waals surface area contributed by atoms with E-state index in [0.717, 1.165) is 44.9 Å². The molecule has 0 aromatic heterocycles. The Morgan fingerprint density at radius 2 is 1.90 bits per heavy atom. The number of fused-ring (bicyclic) bond motifs is 5. The molecule has 1 unspecified atom stereocenters. The van der Waals surface area contributed by atoms with Crippen LogP contribution in [-0.4, -0.2) is 39.9 Å². The SMILES string of the molecule is CC(CO)CCC(=O)[C@@H](C)[C@H]1[C@@H](O)C[C@H]2[C@@H]3CC=C4C[C@@H](O)CC[C@]4(C)[C@H]3CC[C@]12C. The second kappa shape index (κ2) is 8.57. The third-order valence-corrected chi connectivity index (χ3v) is 10.4. The molecule has 0 bridgehead atoms. The third kappa shape index (κ3) is 3.85. The monoisotopic (exact) mass is 432 g/mol. The van der Waals surface area contributed by atoms with Crippen LogP contribution in [0.3, 0.4) is 0 Å². The predicted molar refractivity (Wildman–Crippen MR) is 122 cm³/mol. The molecule has 0 radical (unpaired) electrons. The number of rotatable bonds is 6. The zero-order valence-corrected chi connectivity index (χ0v) is 20.0. The van der Waals surface area contributed by atoms with Gasteiger partial charge in [0.2, 0.25) is 0 Å². The highest BCUT2D eigenvalue weighted by molar-refractivity contribution is 5.81. The lowest BCUT2D eigenvalue weighted by Gasteiger charge is -2.58. The molecular weight excluding hydrogens is 388 g/mol. The Morgan fingerprint density at radius 1 is 1.16 bits per heavy atom. The molecule has 3 N–H and O–H groups in total. The molecule has 176 valence electrons. The Balaban J connectivity index is 1.54. The van der Waals surface area contributed by atoms with E-state index in [9.17, 15) is 20.1 Å². The average Bonchev–Trinajstić information content (AvgIpc) is 3.01. The lowest BCUT2D eigenvalue weighted by molar-refractivity contribution is -0.129. The first-order valence-electron chi connectivity index (χ1n) is 12.8. The minimum Gasteiger partial charge on any atom is -0.396 e. The topological polar surface area (TPSA) is 77.8 Å². The van der Waals surface area contributed by atoms with Gasteiger partial charge >= 0.3 is 0 Å². The van der Waals surface area contributed by atoms with Crippen molar-refractivity contribution in [3.05, 3.63) is 11.6 Å². The molecule has 0 aromatic rings. The van der Waals surface area contributed by atoms with Gasteiger partial charge in [-0.25, -0.2) is 0 Å². The van der Waals surface area contributed by atoms with Crippen LogP contribution >= 0.6 is 0 Å². The number of carbonyl (C=O) groups excluding carboxylic acids is 1. The van der Waals surface area contributed by atoms with Gasteiger partial charge in [-0.2, -0.15) is 0 Å². The van der Waals surface area contributed by atoms with Crippen LogP contribution < -0.4 is 0 Å². The second-order valence-electron chi connectivity index (χ2n) is 12.1. The van der Waals surface area contributed by atoms with E-state index in [2.05, 4.69) is 19.9 Å². The Bertz CT molecular complexity index is 716. The molecule has 0 heterocycles. The maximum Gasteiger partial charge on any atom is 0.136 e. The van der Waals surface area contributed by atoms with Crippen molar-refractivity contribution in [3.63, 3.8) is 0 Å². The highest BCUT2D eigenvalue weighted by atomic mass is 16.3. The minimum atomic E-state index is -0.394. The van der Waals surface area contributed by atoms with E-state index in [4.69, 9.17) is 0 Å². The normalized spacial score (nSPS) is 46.4. The summed E-state index contributed by atoms with van der Waals surface area (Å²) in [6.45, 7) is 8.95. The summed E-state index contributed by atoms with van der Waals surface area (Å²) in [6.07, 6.45) is 10.1. The van der Waals surface area contributed by atoms with Gasteiger partial charge in [0.25, 0.3) is 0 Å². The molecule has 10 atom stereocenters. The van der Waals surface area contributed by atoms with Crippen molar-refractivity contribution >= 4 is 5.78 Å². The molecule has 0 amide bonds. The Kier molecular flexibility index (Phi) is 6.48. The fourth-order valence-electron chi connectivity index (χ4n) is 8.51. The summed E-state index contributed by atoms with van der Waals surface area (Å²) in [6, 6.07) is 0. The number of aliphatic hydroxyl groups is 3. The van der Waals surface area contributed by atoms with E-state index in [1.165, 1.54) is 12.0 Å². The minimum absolute atomic E-state index is 0.0220. The lowest BCUT2D eigenvalue weighted by atomic mass is 9.47. The number of carbonyl (C=O) groups is 1. The van der Waals surface area contributed by atoms with E-state index in [1.54, 1.807) is 0 Å². The highest BCUT2D eigenvalue weighted by Crippen LogP contribution is 2.67. The Hall–Kier alpha value is -0.710. The van der Waals surface area contributed by atoms with Gasteiger partial charge in [0.15, 0.2) is 0 Å². The molecule has 0 aromatic carbocycles. The van der Waals surface area contributed by atoms with Crippen molar-refractivity contribution in [1.29, 1.82) is 0 Å². The van der Waals surface area contributed by atoms with Crippen molar-refractivity contribution < 1.29 is 20.1 Å². The first-order chi connectivity index (χ1) is 14.6. The molecule has 0 spiro atoms. The van der Waals surface area contributed by atoms with Crippen LogP contribution in [-0.2, 0) is 4.79 Å². The van der Waals surface area contributed by atoms with Gasteiger partial charge in [-0.15, -0.1) is 0 Å². The summed E-state index contributed by atoms with van der Waals surface area (Å²) >= 11 is 0. The molecule has 4 aliphatic rings. The Labute approximate surface area is 188 Å². The van der Waals surface area contributed by atoms with E-state index in [0.29, 0.717) is 24.2 Å². The van der Waals surface area contributed by atoms with Crippen LogP contribution in [0.1, 0.15) is 85.5 Å². The standard InChI is InChI=1S/C27H44O4/c1-16(15-28)5-8-23(30)17(2)25-24(31)14-22-20-7-6-18-13-19(29)9-11-26(18,3)21(20)10-12-27(22,25)4/h6,16-17,19-22,24-25,28-29,31H,5,7-15H2,1-4H3/t16?,17-,19+,20-,21+,22+,24+,25+,26+,27+/m1/s1. The first-order valence-corrected chi connectivity index (χ1v) is 12.8. The van der Waals surface area contributed by atoms with Gasteiger partial charge in [-0.3, -0.25) is 4.79 Å². The van der Waals surface area contributed by atoms with Gasteiger partial charge < -0.3 is 15.3 Å². The maximum absolute atomic E-state index is 13.0. The van der Waals surface area contributed by atoms with E-state index in [1.807, 2.05) is 13.8 Å². The molecule has 31 heavy (non-hydrogen) atoms. The second-order valence-corrected chi connectivity index (χ2v) is 12.1. The van der Waals surface area contributed by atoms with Crippen LogP contribution in [0.5, 0.6) is 0 Å². The number of ketones is 1. The van der Waals surface area contributed by atoms with Crippen molar-refractivity contribution in [1.82, 2.24) is 0 Å². The van der Waals surface area contributed by atoms with Crippen molar-refractivity contribution in [2.75, 3.05) is 6.61 Å². The third-order valence-electron chi connectivity index (χ3n) is 10.4. The van der Waals surface area contributed by atoms with Crippen molar-refractivity contribution in [2.24, 2.45) is 46.3 Å².